The Balaban J connectivity index is 1.77. The van der Waals surface area contributed by atoms with Gasteiger partial charge in [0, 0.05) is 28.4 Å². The number of hydrogen-bond donors (Lipinski definition) is 1. The van der Waals surface area contributed by atoms with Crippen molar-refractivity contribution in [3.8, 4) is 5.69 Å². The summed E-state index contributed by atoms with van der Waals surface area (Å²) in [4.78, 5) is 24.1. The van der Waals surface area contributed by atoms with Crippen LogP contribution in [0.5, 0.6) is 0 Å². The molecule has 6 nitrogen and oxygen atoms in total. The topological polar surface area (TPSA) is 73.2 Å². The molecule has 0 aliphatic heterocycles. The normalized spacial score (nSPS) is 10.7. The number of esters is 1. The number of anilines is 1. The zero-order valence-electron chi connectivity index (χ0n) is 17.5. The molecule has 0 aliphatic carbocycles. The predicted molar refractivity (Wildman–Crippen MR) is 118 cm³/mol. The highest BCUT2D eigenvalue weighted by Gasteiger charge is 2.15. The molecule has 0 saturated carbocycles. The van der Waals surface area contributed by atoms with Gasteiger partial charge in [-0.15, -0.1) is 0 Å². The van der Waals surface area contributed by atoms with E-state index in [4.69, 9.17) is 16.3 Å². The number of amides is 1. The lowest BCUT2D eigenvalue weighted by Crippen LogP contribution is -2.13. The summed E-state index contributed by atoms with van der Waals surface area (Å²) in [5, 5.41) is 8.13. The molecule has 7 heteroatoms. The summed E-state index contributed by atoms with van der Waals surface area (Å²) in [7, 11) is 1.39. The van der Waals surface area contributed by atoms with Crippen LogP contribution in [0.3, 0.4) is 0 Å². The van der Waals surface area contributed by atoms with Crippen LogP contribution in [0.15, 0.2) is 42.5 Å². The number of ether oxygens (including phenoxy) is 1. The van der Waals surface area contributed by atoms with E-state index < -0.39 is 0 Å². The molecule has 2 aromatic carbocycles. The van der Waals surface area contributed by atoms with Gasteiger partial charge >= 0.3 is 5.97 Å². The van der Waals surface area contributed by atoms with E-state index in [0.717, 1.165) is 33.9 Å². The highest BCUT2D eigenvalue weighted by Crippen LogP contribution is 2.22. The van der Waals surface area contributed by atoms with Gasteiger partial charge < -0.3 is 10.1 Å². The maximum absolute atomic E-state index is 12.6. The van der Waals surface area contributed by atoms with Crippen molar-refractivity contribution in [2.75, 3.05) is 12.4 Å². The minimum absolute atomic E-state index is 0.195. The van der Waals surface area contributed by atoms with Gasteiger partial charge in [0.05, 0.1) is 18.5 Å². The van der Waals surface area contributed by atoms with E-state index >= 15 is 0 Å². The number of nitrogens with one attached hydrogen (secondary N) is 1. The number of methoxy groups -OCH3 is 1. The van der Waals surface area contributed by atoms with Crippen LogP contribution in [0.1, 0.15) is 39.3 Å². The Morgan fingerprint density at radius 1 is 1.10 bits per heavy atom. The standard InChI is InChI=1S/C23H24ClN3O3/c1-14-13-18(24)7-11-21(14)25-23(29)17-5-8-19(9-6-17)27-16(3)20(15(2)26-27)10-12-22(28)30-4/h5-9,11,13H,10,12H2,1-4H3,(H,25,29). The number of rotatable bonds is 6. The molecule has 1 N–H and O–H groups in total. The first-order valence-electron chi connectivity index (χ1n) is 9.60. The number of carbonyl (C=O) groups is 2. The molecule has 156 valence electrons. The Bertz CT molecular complexity index is 1090. The Morgan fingerprint density at radius 2 is 1.80 bits per heavy atom. The molecule has 0 unspecified atom stereocenters. The van der Waals surface area contributed by atoms with Crippen molar-refractivity contribution in [3.63, 3.8) is 0 Å². The van der Waals surface area contributed by atoms with Gasteiger partial charge in [0.1, 0.15) is 0 Å². The van der Waals surface area contributed by atoms with Gasteiger partial charge in [0.15, 0.2) is 0 Å². The summed E-state index contributed by atoms with van der Waals surface area (Å²) >= 11 is 5.97. The highest BCUT2D eigenvalue weighted by molar-refractivity contribution is 6.30. The maximum atomic E-state index is 12.6. The summed E-state index contributed by atoms with van der Waals surface area (Å²) in [5.41, 5.74) is 5.87. The van der Waals surface area contributed by atoms with Crippen LogP contribution in [0.25, 0.3) is 5.69 Å². The van der Waals surface area contributed by atoms with Crippen molar-refractivity contribution in [2.24, 2.45) is 0 Å². The first kappa shape index (κ1) is 21.6. The van der Waals surface area contributed by atoms with Gasteiger partial charge in [0.25, 0.3) is 5.91 Å². The van der Waals surface area contributed by atoms with Gasteiger partial charge in [-0.05, 0) is 80.8 Å². The molecule has 0 aliphatic rings. The lowest BCUT2D eigenvalue weighted by atomic mass is 10.1. The average molecular weight is 426 g/mol. The van der Waals surface area contributed by atoms with Crippen LogP contribution in [-0.2, 0) is 16.0 Å². The first-order chi connectivity index (χ1) is 14.3. The largest absolute Gasteiger partial charge is 0.469 e. The molecule has 1 amide bonds. The third kappa shape index (κ3) is 4.71. The van der Waals surface area contributed by atoms with Crippen molar-refractivity contribution in [1.29, 1.82) is 0 Å². The van der Waals surface area contributed by atoms with Crippen molar-refractivity contribution >= 4 is 29.2 Å². The fraction of sp³-hybridized carbons (Fsp3) is 0.261. The number of nitrogens with zero attached hydrogens (tertiary/aromatic N) is 2. The Labute approximate surface area is 180 Å². The summed E-state index contributed by atoms with van der Waals surface area (Å²) in [6.45, 7) is 5.79. The first-order valence-corrected chi connectivity index (χ1v) is 9.97. The molecule has 0 atom stereocenters. The molecule has 0 radical (unpaired) electrons. The Hall–Kier alpha value is -3.12. The van der Waals surface area contributed by atoms with Crippen LogP contribution in [0.4, 0.5) is 5.69 Å². The third-order valence-corrected chi connectivity index (χ3v) is 5.29. The SMILES string of the molecule is COC(=O)CCc1c(C)nn(-c2ccc(C(=O)Nc3ccc(Cl)cc3C)cc2)c1C. The molecule has 0 bridgehead atoms. The third-order valence-electron chi connectivity index (χ3n) is 5.06. The van der Waals surface area contributed by atoms with E-state index in [1.54, 1.807) is 30.3 Å². The van der Waals surface area contributed by atoms with E-state index in [1.165, 1.54) is 7.11 Å². The smallest absolute Gasteiger partial charge is 0.305 e. The monoisotopic (exact) mass is 425 g/mol. The fourth-order valence-corrected chi connectivity index (χ4v) is 3.56. The van der Waals surface area contributed by atoms with Gasteiger partial charge in [-0.2, -0.15) is 5.10 Å². The summed E-state index contributed by atoms with van der Waals surface area (Å²) in [6, 6.07) is 12.6. The zero-order valence-corrected chi connectivity index (χ0v) is 18.2. The second-order valence-electron chi connectivity index (χ2n) is 7.10. The average Bonchev–Trinajstić information content (AvgIpc) is 3.01. The van der Waals surface area contributed by atoms with E-state index in [-0.39, 0.29) is 11.9 Å². The fourth-order valence-electron chi connectivity index (χ4n) is 3.33. The Morgan fingerprint density at radius 3 is 2.43 bits per heavy atom. The van der Waals surface area contributed by atoms with Gasteiger partial charge in [-0.1, -0.05) is 11.6 Å². The number of aromatic nitrogens is 2. The van der Waals surface area contributed by atoms with E-state index in [0.29, 0.717) is 23.4 Å². The highest BCUT2D eigenvalue weighted by atomic mass is 35.5. The van der Waals surface area contributed by atoms with Gasteiger partial charge in [-0.3, -0.25) is 9.59 Å². The van der Waals surface area contributed by atoms with E-state index in [9.17, 15) is 9.59 Å². The summed E-state index contributed by atoms with van der Waals surface area (Å²) in [6.07, 6.45) is 0.887. The van der Waals surface area contributed by atoms with Crippen LogP contribution in [0.2, 0.25) is 5.02 Å². The summed E-state index contributed by atoms with van der Waals surface area (Å²) < 4.78 is 6.55. The Kier molecular flexibility index (Phi) is 6.57. The van der Waals surface area contributed by atoms with Crippen LogP contribution in [0, 0.1) is 20.8 Å². The molecule has 1 aromatic heterocycles. The molecule has 0 fully saturated rings. The van der Waals surface area contributed by atoms with Crippen LogP contribution >= 0.6 is 11.6 Å². The molecule has 0 saturated heterocycles. The molecule has 30 heavy (non-hydrogen) atoms. The van der Waals surface area contributed by atoms with E-state index in [1.807, 2.05) is 37.6 Å². The van der Waals surface area contributed by atoms with Crippen molar-refractivity contribution in [1.82, 2.24) is 9.78 Å². The molecule has 3 aromatic rings. The molecule has 1 heterocycles. The number of hydrogen-bond acceptors (Lipinski definition) is 4. The lowest BCUT2D eigenvalue weighted by molar-refractivity contribution is -0.140. The minimum Gasteiger partial charge on any atom is -0.469 e. The van der Waals surface area contributed by atoms with Crippen molar-refractivity contribution in [2.45, 2.75) is 33.6 Å². The molecule has 3 rings (SSSR count). The number of aryl methyl sites for hydroxylation is 2. The minimum atomic E-state index is -0.243. The number of carbonyl (C=O) groups excluding carboxylic acids is 2. The second-order valence-corrected chi connectivity index (χ2v) is 7.53. The second kappa shape index (κ2) is 9.13. The number of halogens is 1. The maximum Gasteiger partial charge on any atom is 0.305 e. The van der Waals surface area contributed by atoms with E-state index in [2.05, 4.69) is 10.4 Å². The van der Waals surface area contributed by atoms with Crippen LogP contribution in [-0.4, -0.2) is 28.8 Å². The lowest BCUT2D eigenvalue weighted by Gasteiger charge is -2.10. The molecular weight excluding hydrogens is 402 g/mol. The predicted octanol–water partition coefficient (Wildman–Crippen LogP) is 4.81. The number of benzene rings is 2. The van der Waals surface area contributed by atoms with Crippen LogP contribution < -0.4 is 5.32 Å². The van der Waals surface area contributed by atoms with Crippen molar-refractivity contribution in [3.05, 3.63) is 75.6 Å². The van der Waals surface area contributed by atoms with Gasteiger partial charge in [0.2, 0.25) is 0 Å². The quantitative estimate of drug-likeness (QED) is 0.575. The summed E-state index contributed by atoms with van der Waals surface area (Å²) in [5.74, 6) is -0.438. The van der Waals surface area contributed by atoms with Crippen molar-refractivity contribution < 1.29 is 14.3 Å². The zero-order chi connectivity index (χ0) is 21.8. The molecular formula is C23H24ClN3O3. The van der Waals surface area contributed by atoms with Gasteiger partial charge in [-0.25, -0.2) is 4.68 Å². The molecule has 0 spiro atoms.